The maximum atomic E-state index is 9.43. The van der Waals surface area contributed by atoms with Crippen LogP contribution >= 0.6 is 0 Å². The van der Waals surface area contributed by atoms with Gasteiger partial charge in [-0.2, -0.15) is 0 Å². The fraction of sp³-hybridized carbons (Fsp3) is 0.333. The van der Waals surface area contributed by atoms with Gasteiger partial charge in [0, 0.05) is 5.57 Å². The third-order valence-corrected chi connectivity index (χ3v) is 1.97. The zero-order chi connectivity index (χ0) is 7.68. The minimum Gasteiger partial charge on any atom is -0.465 e. The molecule has 58 valence electrons. The highest BCUT2D eigenvalue weighted by atomic mass is 16.3. The molecule has 0 radical (unpaired) electrons. The molecule has 1 N–H and O–H groups in total. The first kappa shape index (κ1) is 6.68. The molecular weight excluding hydrogens is 140 g/mol. The molecule has 0 amide bonds. The zero-order valence-corrected chi connectivity index (χ0v) is 6.16. The lowest BCUT2D eigenvalue weighted by Crippen LogP contribution is -2.02. The number of aliphatic hydroxyl groups is 1. The van der Waals surface area contributed by atoms with E-state index in [1.807, 2.05) is 18.2 Å². The quantitative estimate of drug-likeness (QED) is 0.662. The molecule has 11 heavy (non-hydrogen) atoms. The van der Waals surface area contributed by atoms with Crippen molar-refractivity contribution in [3.8, 4) is 0 Å². The Bertz CT molecular complexity index is 259. The maximum Gasteiger partial charge on any atom is 0.132 e. The van der Waals surface area contributed by atoms with Gasteiger partial charge in [-0.15, -0.1) is 0 Å². The van der Waals surface area contributed by atoms with E-state index in [9.17, 15) is 5.11 Å². The van der Waals surface area contributed by atoms with E-state index in [1.165, 1.54) is 0 Å². The summed E-state index contributed by atoms with van der Waals surface area (Å²) >= 11 is 0. The molecule has 1 aliphatic carbocycles. The summed E-state index contributed by atoms with van der Waals surface area (Å²) in [6.45, 7) is 0. The van der Waals surface area contributed by atoms with Crippen molar-refractivity contribution >= 4 is 5.57 Å². The van der Waals surface area contributed by atoms with Gasteiger partial charge in [-0.05, 0) is 25.0 Å². The second-order valence-corrected chi connectivity index (χ2v) is 2.73. The number of furan rings is 1. The molecule has 0 aliphatic heterocycles. The first-order valence-electron chi connectivity index (χ1n) is 3.80. The molecule has 2 rings (SSSR count). The number of hydrogen-bond acceptors (Lipinski definition) is 2. The predicted octanol–water partition coefficient (Wildman–Crippen LogP) is 1.82. The van der Waals surface area contributed by atoms with Crippen molar-refractivity contribution in [3.05, 3.63) is 30.2 Å². The highest BCUT2D eigenvalue weighted by molar-refractivity contribution is 5.66. The molecule has 0 unspecified atom stereocenters. The van der Waals surface area contributed by atoms with Gasteiger partial charge >= 0.3 is 0 Å². The van der Waals surface area contributed by atoms with Crippen LogP contribution in [0.25, 0.3) is 5.57 Å². The van der Waals surface area contributed by atoms with E-state index in [2.05, 4.69) is 0 Å². The Morgan fingerprint density at radius 3 is 3.00 bits per heavy atom. The normalized spacial score (nSPS) is 23.7. The molecule has 1 aromatic heterocycles. The summed E-state index contributed by atoms with van der Waals surface area (Å²) in [5.41, 5.74) is 0.940. The van der Waals surface area contributed by atoms with Crippen molar-refractivity contribution in [1.82, 2.24) is 0 Å². The Morgan fingerprint density at radius 2 is 2.45 bits per heavy atom. The lowest BCUT2D eigenvalue weighted by molar-refractivity contribution is 0.229. The van der Waals surface area contributed by atoms with E-state index in [4.69, 9.17) is 4.42 Å². The summed E-state index contributed by atoms with van der Waals surface area (Å²) in [6, 6.07) is 3.71. The first-order valence-corrected chi connectivity index (χ1v) is 3.80. The molecule has 0 saturated carbocycles. The van der Waals surface area contributed by atoms with Gasteiger partial charge in [0.2, 0.25) is 0 Å². The molecule has 1 aliphatic rings. The van der Waals surface area contributed by atoms with Gasteiger partial charge in [-0.25, -0.2) is 0 Å². The van der Waals surface area contributed by atoms with Crippen LogP contribution < -0.4 is 0 Å². The third kappa shape index (κ3) is 1.10. The predicted molar refractivity (Wildman–Crippen MR) is 41.9 cm³/mol. The largest absolute Gasteiger partial charge is 0.465 e. The Kier molecular flexibility index (Phi) is 1.55. The molecule has 0 spiro atoms. The van der Waals surface area contributed by atoms with Crippen LogP contribution in [0.1, 0.15) is 18.6 Å². The molecular formula is C9H10O2. The van der Waals surface area contributed by atoms with Crippen molar-refractivity contribution in [2.75, 3.05) is 0 Å². The number of hydrogen-bond donors (Lipinski definition) is 1. The van der Waals surface area contributed by atoms with Gasteiger partial charge in [0.05, 0.1) is 12.4 Å². The molecule has 1 atom stereocenters. The summed E-state index contributed by atoms with van der Waals surface area (Å²) < 4.78 is 5.16. The molecule has 0 aromatic carbocycles. The molecule has 0 bridgehead atoms. The minimum atomic E-state index is -0.318. The number of allylic oxidation sites excluding steroid dienone is 1. The van der Waals surface area contributed by atoms with Crippen molar-refractivity contribution in [1.29, 1.82) is 0 Å². The highest BCUT2D eigenvalue weighted by Crippen LogP contribution is 2.27. The second kappa shape index (κ2) is 2.55. The van der Waals surface area contributed by atoms with Crippen LogP contribution in [-0.4, -0.2) is 11.2 Å². The van der Waals surface area contributed by atoms with Gasteiger partial charge in [0.25, 0.3) is 0 Å². The van der Waals surface area contributed by atoms with Crippen LogP contribution in [0, 0.1) is 0 Å². The van der Waals surface area contributed by atoms with Crippen LogP contribution in [-0.2, 0) is 0 Å². The van der Waals surface area contributed by atoms with E-state index < -0.39 is 0 Å². The molecule has 1 aromatic rings. The molecule has 2 heteroatoms. The van der Waals surface area contributed by atoms with Crippen LogP contribution in [0.3, 0.4) is 0 Å². The van der Waals surface area contributed by atoms with Crippen molar-refractivity contribution in [2.24, 2.45) is 0 Å². The Morgan fingerprint density at radius 1 is 1.55 bits per heavy atom. The summed E-state index contributed by atoms with van der Waals surface area (Å²) in [6.07, 6.45) is 5.12. The summed E-state index contributed by atoms with van der Waals surface area (Å²) in [4.78, 5) is 0. The monoisotopic (exact) mass is 150 g/mol. The van der Waals surface area contributed by atoms with Gasteiger partial charge in [-0.3, -0.25) is 0 Å². The maximum absolute atomic E-state index is 9.43. The lowest BCUT2D eigenvalue weighted by atomic mass is 10.1. The smallest absolute Gasteiger partial charge is 0.132 e. The van der Waals surface area contributed by atoms with Crippen molar-refractivity contribution in [2.45, 2.75) is 18.9 Å². The zero-order valence-electron chi connectivity index (χ0n) is 6.16. The van der Waals surface area contributed by atoms with Gasteiger partial charge in [0.1, 0.15) is 5.76 Å². The van der Waals surface area contributed by atoms with E-state index >= 15 is 0 Å². The molecule has 0 fully saturated rings. The standard InChI is InChI=1S/C9H10O2/c10-8-4-1-3-7(8)9-5-2-6-11-9/h2-3,5-6,8,10H,1,4H2/t8-/m0/s1. The number of aliphatic hydroxyl groups excluding tert-OH is 1. The van der Waals surface area contributed by atoms with Gasteiger partial charge < -0.3 is 9.52 Å². The molecule has 1 heterocycles. The fourth-order valence-corrected chi connectivity index (χ4v) is 1.40. The van der Waals surface area contributed by atoms with Gasteiger partial charge in [-0.1, -0.05) is 6.08 Å². The lowest BCUT2D eigenvalue weighted by Gasteiger charge is -2.03. The van der Waals surface area contributed by atoms with Crippen molar-refractivity contribution < 1.29 is 9.52 Å². The Labute approximate surface area is 65.1 Å². The first-order chi connectivity index (χ1) is 5.38. The Balaban J connectivity index is 2.30. The second-order valence-electron chi connectivity index (χ2n) is 2.73. The van der Waals surface area contributed by atoms with Crippen LogP contribution in [0.2, 0.25) is 0 Å². The fourth-order valence-electron chi connectivity index (χ4n) is 1.40. The highest BCUT2D eigenvalue weighted by Gasteiger charge is 2.19. The average Bonchev–Trinajstić information content (AvgIpc) is 2.55. The van der Waals surface area contributed by atoms with E-state index in [-0.39, 0.29) is 6.10 Å². The van der Waals surface area contributed by atoms with E-state index in [1.54, 1.807) is 6.26 Å². The molecule has 0 saturated heterocycles. The topological polar surface area (TPSA) is 33.4 Å². The summed E-state index contributed by atoms with van der Waals surface area (Å²) in [7, 11) is 0. The average molecular weight is 150 g/mol. The molecule has 2 nitrogen and oxygen atoms in total. The summed E-state index contributed by atoms with van der Waals surface area (Å²) in [5, 5.41) is 9.43. The van der Waals surface area contributed by atoms with E-state index in [0.29, 0.717) is 0 Å². The minimum absolute atomic E-state index is 0.318. The van der Waals surface area contributed by atoms with Crippen LogP contribution in [0.4, 0.5) is 0 Å². The Hall–Kier alpha value is -1.02. The summed E-state index contributed by atoms with van der Waals surface area (Å²) in [5.74, 6) is 0.801. The number of rotatable bonds is 1. The van der Waals surface area contributed by atoms with Crippen molar-refractivity contribution in [3.63, 3.8) is 0 Å². The van der Waals surface area contributed by atoms with E-state index in [0.717, 1.165) is 24.2 Å². The SMILES string of the molecule is O[C@H]1CCC=C1c1ccco1. The van der Waals surface area contributed by atoms with Crippen LogP contribution in [0.15, 0.2) is 28.9 Å². The third-order valence-electron chi connectivity index (χ3n) is 1.97. The van der Waals surface area contributed by atoms with Gasteiger partial charge in [0.15, 0.2) is 0 Å². The van der Waals surface area contributed by atoms with Crippen LogP contribution in [0.5, 0.6) is 0 Å².